The molecule has 0 saturated carbocycles. The van der Waals surface area contributed by atoms with Crippen molar-refractivity contribution in [2.75, 3.05) is 36.8 Å². The summed E-state index contributed by atoms with van der Waals surface area (Å²) >= 11 is 0. The van der Waals surface area contributed by atoms with Crippen LogP contribution >= 0.6 is 0 Å². The molecule has 5 rings (SSSR count). The number of benzene rings is 2. The van der Waals surface area contributed by atoms with Gasteiger partial charge in [0.2, 0.25) is 5.91 Å². The van der Waals surface area contributed by atoms with E-state index in [1.165, 1.54) is 12.8 Å². The van der Waals surface area contributed by atoms with E-state index in [4.69, 9.17) is 4.42 Å². The summed E-state index contributed by atoms with van der Waals surface area (Å²) in [7, 11) is 0. The predicted molar refractivity (Wildman–Crippen MR) is 144 cm³/mol. The Morgan fingerprint density at radius 2 is 1.86 bits per heavy atom. The topological polar surface area (TPSA) is 104 Å². The standard InChI is InChI=1S/C29H30N4O4/c1-2-27(34)31-25-17-19(28(35)30-13-16-33-14-5-6-15-33)9-11-22(25)26-12-10-20(37-26)18-23-21-7-3-4-8-24(21)32-29(23)36/h3-4,7-12,17-18H,2,5-6,13-16H2,1H3,(H,30,35)(H,31,34)(H,32,36)/b23-18+. The van der Waals surface area contributed by atoms with Gasteiger partial charge in [-0.15, -0.1) is 0 Å². The maximum atomic E-state index is 12.8. The van der Waals surface area contributed by atoms with Crippen LogP contribution in [-0.4, -0.2) is 48.8 Å². The van der Waals surface area contributed by atoms with Crippen molar-refractivity contribution in [2.24, 2.45) is 0 Å². The van der Waals surface area contributed by atoms with E-state index in [0.717, 1.165) is 30.9 Å². The van der Waals surface area contributed by atoms with Crippen molar-refractivity contribution >= 4 is 40.7 Å². The van der Waals surface area contributed by atoms with E-state index in [1.807, 2.05) is 24.3 Å². The molecule has 0 spiro atoms. The van der Waals surface area contributed by atoms with Gasteiger partial charge < -0.3 is 25.3 Å². The summed E-state index contributed by atoms with van der Waals surface area (Å²) in [6, 6.07) is 16.2. The lowest BCUT2D eigenvalue weighted by Crippen LogP contribution is -2.33. The van der Waals surface area contributed by atoms with Gasteiger partial charge in [-0.25, -0.2) is 0 Å². The number of likely N-dealkylation sites (tertiary alicyclic amines) is 1. The summed E-state index contributed by atoms with van der Waals surface area (Å²) in [5.74, 6) is 0.490. The molecule has 3 N–H and O–H groups in total. The summed E-state index contributed by atoms with van der Waals surface area (Å²) in [4.78, 5) is 39.8. The highest BCUT2D eigenvalue weighted by molar-refractivity contribution is 6.34. The lowest BCUT2D eigenvalue weighted by molar-refractivity contribution is -0.116. The van der Waals surface area contributed by atoms with Gasteiger partial charge in [-0.1, -0.05) is 25.1 Å². The summed E-state index contributed by atoms with van der Waals surface area (Å²) in [6.45, 7) is 5.33. The SMILES string of the molecule is CCC(=O)Nc1cc(C(=O)NCCN2CCCC2)ccc1-c1ccc(/C=C2/C(=O)Nc3ccccc32)o1. The first-order valence-electron chi connectivity index (χ1n) is 12.7. The monoisotopic (exact) mass is 498 g/mol. The third kappa shape index (κ3) is 5.49. The van der Waals surface area contributed by atoms with Gasteiger partial charge in [0.1, 0.15) is 11.5 Å². The van der Waals surface area contributed by atoms with Crippen LogP contribution in [0.1, 0.15) is 47.9 Å². The van der Waals surface area contributed by atoms with Gasteiger partial charge in [0.15, 0.2) is 0 Å². The van der Waals surface area contributed by atoms with E-state index < -0.39 is 0 Å². The molecule has 1 saturated heterocycles. The minimum absolute atomic E-state index is 0.166. The second-order valence-corrected chi connectivity index (χ2v) is 9.23. The van der Waals surface area contributed by atoms with Crippen LogP contribution in [0.25, 0.3) is 23.0 Å². The normalized spacial score (nSPS) is 16.0. The lowest BCUT2D eigenvalue weighted by atomic mass is 10.1. The molecule has 2 aromatic carbocycles. The van der Waals surface area contributed by atoms with E-state index in [-0.39, 0.29) is 17.7 Å². The van der Waals surface area contributed by atoms with Crippen LogP contribution < -0.4 is 16.0 Å². The third-order valence-electron chi connectivity index (χ3n) is 6.68. The average molecular weight is 499 g/mol. The molecule has 1 fully saturated rings. The fourth-order valence-corrected chi connectivity index (χ4v) is 4.68. The molecule has 3 amide bonds. The van der Waals surface area contributed by atoms with Gasteiger partial charge in [-0.3, -0.25) is 14.4 Å². The number of furan rings is 1. The Hall–Kier alpha value is -4.17. The quantitative estimate of drug-likeness (QED) is 0.394. The maximum Gasteiger partial charge on any atom is 0.256 e. The Morgan fingerprint density at radius 3 is 2.68 bits per heavy atom. The van der Waals surface area contributed by atoms with E-state index >= 15 is 0 Å². The molecular weight excluding hydrogens is 468 g/mol. The van der Waals surface area contributed by atoms with E-state index in [0.29, 0.717) is 46.9 Å². The van der Waals surface area contributed by atoms with E-state index in [1.54, 1.807) is 43.3 Å². The number of carbonyl (C=O) groups excluding carboxylic acids is 3. The Kier molecular flexibility index (Phi) is 7.18. The van der Waals surface area contributed by atoms with E-state index in [9.17, 15) is 14.4 Å². The van der Waals surface area contributed by atoms with Crippen LogP contribution in [0.2, 0.25) is 0 Å². The molecule has 0 bridgehead atoms. The fourth-order valence-electron chi connectivity index (χ4n) is 4.68. The molecule has 8 nitrogen and oxygen atoms in total. The summed E-state index contributed by atoms with van der Waals surface area (Å²) in [5.41, 5.74) is 3.72. The first-order valence-corrected chi connectivity index (χ1v) is 12.7. The van der Waals surface area contributed by atoms with Gasteiger partial charge in [-0.05, 0) is 68.4 Å². The molecule has 0 unspecified atom stereocenters. The molecule has 3 heterocycles. The Bertz CT molecular complexity index is 1370. The molecular formula is C29H30N4O4. The molecule has 0 aliphatic carbocycles. The maximum absolute atomic E-state index is 12.8. The van der Waals surface area contributed by atoms with Crippen molar-refractivity contribution < 1.29 is 18.8 Å². The third-order valence-corrected chi connectivity index (χ3v) is 6.68. The number of amides is 3. The van der Waals surface area contributed by atoms with Crippen molar-refractivity contribution in [1.29, 1.82) is 0 Å². The van der Waals surface area contributed by atoms with Crippen LogP contribution in [0.3, 0.4) is 0 Å². The Labute approximate surface area is 215 Å². The molecule has 2 aliphatic heterocycles. The highest BCUT2D eigenvalue weighted by Crippen LogP contribution is 2.35. The molecule has 190 valence electrons. The van der Waals surface area contributed by atoms with E-state index in [2.05, 4.69) is 20.9 Å². The minimum atomic E-state index is -0.187. The van der Waals surface area contributed by atoms with Crippen molar-refractivity contribution in [1.82, 2.24) is 10.2 Å². The fraction of sp³-hybridized carbons (Fsp3) is 0.276. The Morgan fingerprint density at radius 1 is 1.05 bits per heavy atom. The van der Waals surface area contributed by atoms with Gasteiger partial charge in [0.25, 0.3) is 11.8 Å². The molecule has 3 aromatic rings. The van der Waals surface area contributed by atoms with Crippen molar-refractivity contribution in [2.45, 2.75) is 26.2 Å². The first kappa shape index (κ1) is 24.5. The molecule has 8 heteroatoms. The summed E-state index contributed by atoms with van der Waals surface area (Å²) in [5, 5.41) is 8.72. The van der Waals surface area contributed by atoms with Crippen LogP contribution in [0, 0.1) is 0 Å². The lowest BCUT2D eigenvalue weighted by Gasteiger charge is -2.15. The van der Waals surface area contributed by atoms with Crippen molar-refractivity contribution in [3.05, 3.63) is 71.5 Å². The summed E-state index contributed by atoms with van der Waals surface area (Å²) in [6.07, 6.45) is 4.43. The molecule has 0 atom stereocenters. The molecule has 1 aromatic heterocycles. The zero-order valence-corrected chi connectivity index (χ0v) is 20.8. The first-order chi connectivity index (χ1) is 18.0. The number of anilines is 2. The largest absolute Gasteiger partial charge is 0.457 e. The number of carbonyl (C=O) groups is 3. The number of hydrogen-bond donors (Lipinski definition) is 3. The molecule has 37 heavy (non-hydrogen) atoms. The highest BCUT2D eigenvalue weighted by Gasteiger charge is 2.24. The predicted octanol–water partition coefficient (Wildman–Crippen LogP) is 4.61. The zero-order valence-electron chi connectivity index (χ0n) is 20.8. The number of nitrogens with one attached hydrogen (secondary N) is 3. The number of hydrogen-bond acceptors (Lipinski definition) is 5. The van der Waals surface area contributed by atoms with Gasteiger partial charge in [0, 0.05) is 41.9 Å². The second-order valence-electron chi connectivity index (χ2n) is 9.23. The Balaban J connectivity index is 1.37. The van der Waals surface area contributed by atoms with Crippen LogP contribution in [0.4, 0.5) is 11.4 Å². The average Bonchev–Trinajstić information content (AvgIpc) is 3.65. The van der Waals surface area contributed by atoms with Crippen LogP contribution in [-0.2, 0) is 9.59 Å². The smallest absolute Gasteiger partial charge is 0.256 e. The van der Waals surface area contributed by atoms with Crippen molar-refractivity contribution in [3.8, 4) is 11.3 Å². The minimum Gasteiger partial charge on any atom is -0.457 e. The molecule has 0 radical (unpaired) electrons. The molecule has 2 aliphatic rings. The summed E-state index contributed by atoms with van der Waals surface area (Å²) < 4.78 is 6.06. The van der Waals surface area contributed by atoms with Gasteiger partial charge in [-0.2, -0.15) is 0 Å². The second kappa shape index (κ2) is 10.8. The zero-order chi connectivity index (χ0) is 25.8. The van der Waals surface area contributed by atoms with Gasteiger partial charge in [0.05, 0.1) is 11.3 Å². The van der Waals surface area contributed by atoms with Crippen molar-refractivity contribution in [3.63, 3.8) is 0 Å². The number of rotatable bonds is 8. The van der Waals surface area contributed by atoms with Gasteiger partial charge >= 0.3 is 0 Å². The number of para-hydroxylation sites is 1. The van der Waals surface area contributed by atoms with Crippen LogP contribution in [0.15, 0.2) is 59.0 Å². The highest BCUT2D eigenvalue weighted by atomic mass is 16.3. The number of nitrogens with zero attached hydrogens (tertiary/aromatic N) is 1. The number of fused-ring (bicyclic) bond motifs is 1. The van der Waals surface area contributed by atoms with Crippen LogP contribution in [0.5, 0.6) is 0 Å².